The molecule has 0 bridgehead atoms. The van der Waals surface area contributed by atoms with E-state index in [2.05, 4.69) is 5.48 Å². The summed E-state index contributed by atoms with van der Waals surface area (Å²) >= 11 is 0. The molecule has 1 radical (unpaired) electrons. The van der Waals surface area contributed by atoms with Crippen molar-refractivity contribution in [1.29, 1.82) is 0 Å². The van der Waals surface area contributed by atoms with Gasteiger partial charge in [-0.15, -0.1) is 0 Å². The Morgan fingerprint density at radius 3 is 1.76 bits per heavy atom. The minimum Gasteiger partial charge on any atom is -0.261 e. The Bertz CT molecular complexity index is 417. The zero-order valence-electron chi connectivity index (χ0n) is 9.17. The predicted octanol–water partition coefficient (Wildman–Crippen LogP) is 2.36. The number of hydroxylamine groups is 1. The Labute approximate surface area is 100.0 Å². The molecule has 0 unspecified atom stereocenters. The summed E-state index contributed by atoms with van der Waals surface area (Å²) in [5.41, 5.74) is 4.09. The van der Waals surface area contributed by atoms with Crippen molar-refractivity contribution in [2.45, 2.75) is 6.10 Å². The molecule has 0 heterocycles. The van der Waals surface area contributed by atoms with E-state index in [9.17, 15) is 4.79 Å². The van der Waals surface area contributed by atoms with Gasteiger partial charge in [-0.3, -0.25) is 9.63 Å². The first-order valence-corrected chi connectivity index (χ1v) is 5.29. The van der Waals surface area contributed by atoms with Crippen LogP contribution >= 0.6 is 0 Å². The van der Waals surface area contributed by atoms with E-state index in [-0.39, 0.29) is 6.10 Å². The second kappa shape index (κ2) is 5.82. The zero-order valence-corrected chi connectivity index (χ0v) is 9.17. The van der Waals surface area contributed by atoms with Crippen LogP contribution in [0.1, 0.15) is 17.2 Å². The number of benzene rings is 2. The van der Waals surface area contributed by atoms with Crippen LogP contribution in [0.25, 0.3) is 0 Å². The van der Waals surface area contributed by atoms with E-state index in [4.69, 9.17) is 4.84 Å². The average Bonchev–Trinajstić information content (AvgIpc) is 2.42. The first kappa shape index (κ1) is 11.4. The first-order valence-electron chi connectivity index (χ1n) is 5.29. The fourth-order valence-electron chi connectivity index (χ4n) is 1.67. The smallest absolute Gasteiger partial charge is 0.261 e. The van der Waals surface area contributed by atoms with E-state index < -0.39 is 0 Å². The number of hydrogen-bond donors (Lipinski definition) is 1. The third-order valence-corrected chi connectivity index (χ3v) is 2.42. The number of hydrogen-bond acceptors (Lipinski definition) is 2. The van der Waals surface area contributed by atoms with Gasteiger partial charge in [-0.2, -0.15) is 0 Å². The van der Waals surface area contributed by atoms with Crippen molar-refractivity contribution in [3.05, 3.63) is 71.8 Å². The van der Waals surface area contributed by atoms with Crippen LogP contribution in [-0.4, -0.2) is 6.41 Å². The fraction of sp³-hybridized carbons (Fsp3) is 0.0714. The molecule has 0 aliphatic heterocycles. The minimum absolute atomic E-state index is 0.321. The van der Waals surface area contributed by atoms with Gasteiger partial charge in [0.1, 0.15) is 6.10 Å². The van der Waals surface area contributed by atoms with Crippen LogP contribution in [0.15, 0.2) is 60.7 Å². The lowest BCUT2D eigenvalue weighted by Gasteiger charge is -2.16. The second-order valence-corrected chi connectivity index (χ2v) is 3.52. The van der Waals surface area contributed by atoms with E-state index in [1.807, 2.05) is 60.7 Å². The summed E-state index contributed by atoms with van der Waals surface area (Å²) in [5, 5.41) is 0. The highest BCUT2D eigenvalue weighted by molar-refractivity contribution is 5.45. The molecule has 2 aromatic rings. The molecule has 17 heavy (non-hydrogen) atoms. The molecule has 3 heteroatoms. The van der Waals surface area contributed by atoms with Crippen LogP contribution in [0.4, 0.5) is 0 Å². The maximum absolute atomic E-state index is 10.2. The van der Waals surface area contributed by atoms with Crippen LogP contribution in [0.3, 0.4) is 0 Å². The summed E-state index contributed by atoms with van der Waals surface area (Å²) < 4.78 is 0. The lowest BCUT2D eigenvalue weighted by Crippen LogP contribution is -2.17. The summed E-state index contributed by atoms with van der Waals surface area (Å²) in [6.07, 6.45) is 1.19. The average molecular weight is 226 g/mol. The molecule has 0 aromatic heterocycles. The lowest BCUT2D eigenvalue weighted by atomic mass is 10.0. The van der Waals surface area contributed by atoms with Gasteiger partial charge < -0.3 is 0 Å². The summed E-state index contributed by atoms with van der Waals surface area (Å²) in [5.74, 6) is 0. The van der Waals surface area contributed by atoms with E-state index >= 15 is 0 Å². The van der Waals surface area contributed by atoms with Gasteiger partial charge in [-0.1, -0.05) is 60.7 Å². The first-order chi connectivity index (χ1) is 8.42. The summed E-state index contributed by atoms with van der Waals surface area (Å²) in [6.45, 7) is 0. The largest absolute Gasteiger partial charge is 0.335 e. The van der Waals surface area contributed by atoms with Crippen LogP contribution in [0, 0.1) is 0 Å². The third-order valence-electron chi connectivity index (χ3n) is 2.42. The van der Waals surface area contributed by atoms with E-state index in [1.54, 1.807) is 0 Å². The quantitative estimate of drug-likeness (QED) is 0.628. The molecule has 0 aliphatic rings. The summed E-state index contributed by atoms with van der Waals surface area (Å²) in [7, 11) is 0. The molecule has 2 rings (SSSR count). The van der Waals surface area contributed by atoms with Crippen molar-refractivity contribution in [3.8, 4) is 0 Å². The normalized spacial score (nSPS) is 10.2. The second-order valence-electron chi connectivity index (χ2n) is 3.52. The molecule has 3 nitrogen and oxygen atoms in total. The van der Waals surface area contributed by atoms with E-state index in [0.717, 1.165) is 11.1 Å². The molecule has 1 N–H and O–H groups in total. The van der Waals surface area contributed by atoms with Crippen molar-refractivity contribution in [1.82, 2.24) is 5.48 Å². The standard InChI is InChI=1S/C14H12NO2/c16-11-15-17-14(12-7-3-1-4-8-12)13-9-5-2-6-10-13/h1-10,14H,(H,15,16). The van der Waals surface area contributed by atoms with E-state index in [1.165, 1.54) is 6.41 Å². The maximum atomic E-state index is 10.2. The molecule has 0 saturated heterocycles. The lowest BCUT2D eigenvalue weighted by molar-refractivity contribution is 0.0323. The van der Waals surface area contributed by atoms with Crippen molar-refractivity contribution < 1.29 is 9.63 Å². The van der Waals surface area contributed by atoms with E-state index in [0.29, 0.717) is 0 Å². The van der Waals surface area contributed by atoms with Gasteiger partial charge in [0.25, 0.3) is 0 Å². The molecular formula is C14H12NO2. The van der Waals surface area contributed by atoms with Crippen LogP contribution in [-0.2, 0) is 9.63 Å². The van der Waals surface area contributed by atoms with Gasteiger partial charge in [0.2, 0.25) is 0 Å². The van der Waals surface area contributed by atoms with Gasteiger partial charge in [-0.05, 0) is 11.1 Å². The Balaban J connectivity index is 2.29. The third kappa shape index (κ3) is 2.92. The fourth-order valence-corrected chi connectivity index (χ4v) is 1.67. The number of carbonyl (C=O) groups excluding carboxylic acids is 1. The zero-order chi connectivity index (χ0) is 11.9. The van der Waals surface area contributed by atoms with Gasteiger partial charge in [-0.25, -0.2) is 5.48 Å². The molecule has 2 aromatic carbocycles. The topological polar surface area (TPSA) is 38.3 Å². The van der Waals surface area contributed by atoms with Gasteiger partial charge in [0.15, 0.2) is 0 Å². The highest BCUT2D eigenvalue weighted by Crippen LogP contribution is 2.24. The number of rotatable bonds is 5. The van der Waals surface area contributed by atoms with Crippen LogP contribution < -0.4 is 5.48 Å². The SMILES string of the molecule is O=[C]NOC(c1ccccc1)c1ccccc1. The van der Waals surface area contributed by atoms with Crippen molar-refractivity contribution >= 4 is 6.41 Å². The molecule has 0 aliphatic carbocycles. The Hall–Kier alpha value is -2.13. The van der Waals surface area contributed by atoms with Crippen LogP contribution in [0.2, 0.25) is 0 Å². The molecule has 85 valence electrons. The summed E-state index contributed by atoms with van der Waals surface area (Å²) in [4.78, 5) is 15.5. The molecular weight excluding hydrogens is 214 g/mol. The molecule has 0 atom stereocenters. The highest BCUT2D eigenvalue weighted by atomic mass is 16.7. The maximum Gasteiger partial charge on any atom is 0.335 e. The van der Waals surface area contributed by atoms with Gasteiger partial charge in [0, 0.05) is 0 Å². The number of amides is 1. The highest BCUT2D eigenvalue weighted by Gasteiger charge is 2.14. The molecule has 0 fully saturated rings. The van der Waals surface area contributed by atoms with Crippen molar-refractivity contribution in [2.24, 2.45) is 0 Å². The van der Waals surface area contributed by atoms with Crippen molar-refractivity contribution in [2.75, 3.05) is 0 Å². The van der Waals surface area contributed by atoms with Gasteiger partial charge >= 0.3 is 6.41 Å². The summed E-state index contributed by atoms with van der Waals surface area (Å²) in [6, 6.07) is 19.4. The predicted molar refractivity (Wildman–Crippen MR) is 64.6 cm³/mol. The van der Waals surface area contributed by atoms with Crippen molar-refractivity contribution in [3.63, 3.8) is 0 Å². The molecule has 0 saturated carbocycles. The monoisotopic (exact) mass is 226 g/mol. The molecule has 1 amide bonds. The Morgan fingerprint density at radius 2 is 1.35 bits per heavy atom. The Kier molecular flexibility index (Phi) is 3.89. The Morgan fingerprint density at radius 1 is 0.882 bits per heavy atom. The van der Waals surface area contributed by atoms with Crippen LogP contribution in [0.5, 0.6) is 0 Å². The molecule has 0 spiro atoms. The van der Waals surface area contributed by atoms with Gasteiger partial charge in [0.05, 0.1) is 0 Å². The number of nitrogens with one attached hydrogen (secondary N) is 1. The minimum atomic E-state index is -0.321.